The molecule has 2 saturated heterocycles. The molecule has 0 aliphatic carbocycles. The highest BCUT2D eigenvalue weighted by Gasteiger charge is 2.64. The van der Waals surface area contributed by atoms with Crippen LogP contribution in [0.3, 0.4) is 0 Å². The van der Waals surface area contributed by atoms with E-state index in [1.807, 2.05) is 52.9 Å². The second kappa shape index (κ2) is 7.55. The van der Waals surface area contributed by atoms with Crippen LogP contribution in [-0.2, 0) is 9.59 Å². The van der Waals surface area contributed by atoms with E-state index in [0.717, 1.165) is 16.0 Å². The molecule has 1 aromatic heterocycles. The Morgan fingerprint density at radius 3 is 2.48 bits per heavy atom. The lowest BCUT2D eigenvalue weighted by Crippen LogP contribution is -2.44. The van der Waals surface area contributed by atoms with E-state index in [1.165, 1.54) is 17.4 Å². The minimum Gasteiger partial charge on any atom is -0.358 e. The quantitative estimate of drug-likeness (QED) is 0.358. The summed E-state index contributed by atoms with van der Waals surface area (Å²) < 4.78 is 0. The average Bonchev–Trinajstić information content (AvgIpc) is 3.51. The Labute approximate surface area is 203 Å². The normalized spacial score (nSPS) is 25.3. The van der Waals surface area contributed by atoms with Crippen LogP contribution in [0.25, 0.3) is 6.08 Å². The van der Waals surface area contributed by atoms with Gasteiger partial charge in [0, 0.05) is 11.2 Å². The number of carbonyl (C=O) groups is 3. The van der Waals surface area contributed by atoms with Crippen LogP contribution in [-0.4, -0.2) is 28.5 Å². The maximum absolute atomic E-state index is 13.8. The van der Waals surface area contributed by atoms with Gasteiger partial charge in [-0.15, -0.1) is 11.3 Å². The molecule has 6 rings (SSSR count). The van der Waals surface area contributed by atoms with E-state index >= 15 is 0 Å². The predicted octanol–water partition coefficient (Wildman–Crippen LogP) is 5.45. The third kappa shape index (κ3) is 2.94. The van der Waals surface area contributed by atoms with Gasteiger partial charge in [0.1, 0.15) is 6.04 Å². The standard InChI is InChI=1S/C25H16Cl2N2O3S/c26-14-7-8-17(16(27)12-14)29-24(31)19-20(25(29)32)22(23(30)18-6-3-11-33-18)28-10-9-13-4-1-2-5-15(13)21(19)28/h1-12,19-22H/t19-,20+,21-,22-/m0/s1. The molecule has 4 heterocycles. The third-order valence-electron chi connectivity index (χ3n) is 6.64. The van der Waals surface area contributed by atoms with Crippen molar-refractivity contribution in [2.45, 2.75) is 12.1 Å². The van der Waals surface area contributed by atoms with Crippen LogP contribution in [0.4, 0.5) is 5.69 Å². The number of ketones is 1. The molecular formula is C25H16Cl2N2O3S. The number of rotatable bonds is 3. The third-order valence-corrected chi connectivity index (χ3v) is 8.07. The van der Waals surface area contributed by atoms with Crippen molar-refractivity contribution in [2.24, 2.45) is 11.8 Å². The SMILES string of the molecule is O=C(c1cccs1)[C@@H]1[C@@H]2C(=O)N(c3ccc(Cl)cc3Cl)C(=O)[C@@H]2[C@@H]2c3ccccc3C=CN12. The van der Waals surface area contributed by atoms with Crippen LogP contribution in [0.5, 0.6) is 0 Å². The molecule has 0 N–H and O–H groups in total. The highest BCUT2D eigenvalue weighted by molar-refractivity contribution is 7.12. The molecule has 2 fully saturated rings. The zero-order chi connectivity index (χ0) is 22.9. The van der Waals surface area contributed by atoms with Crippen molar-refractivity contribution in [2.75, 3.05) is 4.90 Å². The van der Waals surface area contributed by atoms with Gasteiger partial charge in [-0.25, -0.2) is 4.90 Å². The number of halogens is 2. The van der Waals surface area contributed by atoms with Crippen molar-refractivity contribution in [3.05, 3.63) is 92.2 Å². The molecule has 33 heavy (non-hydrogen) atoms. The van der Waals surface area contributed by atoms with E-state index in [9.17, 15) is 14.4 Å². The molecule has 0 radical (unpaired) electrons. The molecule has 2 amide bonds. The number of imide groups is 1. The summed E-state index contributed by atoms with van der Waals surface area (Å²) in [5.74, 6) is -2.44. The maximum atomic E-state index is 13.8. The molecule has 164 valence electrons. The average molecular weight is 495 g/mol. The zero-order valence-corrected chi connectivity index (χ0v) is 19.3. The lowest BCUT2D eigenvalue weighted by molar-refractivity contribution is -0.123. The van der Waals surface area contributed by atoms with E-state index in [4.69, 9.17) is 23.2 Å². The van der Waals surface area contributed by atoms with E-state index < -0.39 is 29.8 Å². The Bertz CT molecular complexity index is 1350. The van der Waals surface area contributed by atoms with Gasteiger partial charge in [-0.1, -0.05) is 53.5 Å². The van der Waals surface area contributed by atoms with Gasteiger partial charge >= 0.3 is 0 Å². The van der Waals surface area contributed by atoms with Crippen LogP contribution < -0.4 is 4.90 Å². The molecule has 0 unspecified atom stereocenters. The lowest BCUT2D eigenvalue weighted by Gasteiger charge is -2.35. The van der Waals surface area contributed by atoms with E-state index in [1.54, 1.807) is 18.2 Å². The Balaban J connectivity index is 1.51. The van der Waals surface area contributed by atoms with Crippen molar-refractivity contribution < 1.29 is 14.4 Å². The topological polar surface area (TPSA) is 57.7 Å². The largest absolute Gasteiger partial charge is 0.358 e. The van der Waals surface area contributed by atoms with E-state index in [2.05, 4.69) is 0 Å². The molecule has 3 aliphatic heterocycles. The van der Waals surface area contributed by atoms with Crippen molar-refractivity contribution >= 4 is 63.9 Å². The van der Waals surface area contributed by atoms with Gasteiger partial charge in [-0.3, -0.25) is 14.4 Å². The predicted molar refractivity (Wildman–Crippen MR) is 128 cm³/mol. The van der Waals surface area contributed by atoms with Gasteiger partial charge in [0.2, 0.25) is 11.8 Å². The summed E-state index contributed by atoms with van der Waals surface area (Å²) in [5.41, 5.74) is 2.20. The summed E-state index contributed by atoms with van der Waals surface area (Å²) in [7, 11) is 0. The first-order valence-corrected chi connectivity index (χ1v) is 12.1. The Hall–Kier alpha value is -2.93. The van der Waals surface area contributed by atoms with Gasteiger partial charge < -0.3 is 4.90 Å². The van der Waals surface area contributed by atoms with Crippen molar-refractivity contribution in [3.63, 3.8) is 0 Å². The van der Waals surface area contributed by atoms with E-state index in [-0.39, 0.29) is 16.7 Å². The van der Waals surface area contributed by atoms with Crippen LogP contribution >= 0.6 is 34.5 Å². The Morgan fingerprint density at radius 2 is 1.73 bits per heavy atom. The fourth-order valence-corrected chi connectivity index (χ4v) is 6.51. The number of anilines is 1. The Kier molecular flexibility index (Phi) is 4.73. The molecule has 8 heteroatoms. The van der Waals surface area contributed by atoms with Crippen LogP contribution in [0, 0.1) is 11.8 Å². The first-order chi connectivity index (χ1) is 16.0. The molecule has 0 spiro atoms. The van der Waals surface area contributed by atoms with Crippen molar-refractivity contribution in [3.8, 4) is 0 Å². The second-order valence-corrected chi connectivity index (χ2v) is 10.1. The Morgan fingerprint density at radius 1 is 0.939 bits per heavy atom. The van der Waals surface area contributed by atoms with Crippen molar-refractivity contribution in [1.82, 2.24) is 4.90 Å². The van der Waals surface area contributed by atoms with Gasteiger partial charge in [0.15, 0.2) is 5.78 Å². The number of hydrogen-bond acceptors (Lipinski definition) is 5. The van der Waals surface area contributed by atoms with Crippen molar-refractivity contribution in [1.29, 1.82) is 0 Å². The second-order valence-electron chi connectivity index (χ2n) is 8.28. The number of benzene rings is 2. The fourth-order valence-electron chi connectivity index (χ4n) is 5.32. The summed E-state index contributed by atoms with van der Waals surface area (Å²) in [6.07, 6.45) is 3.78. The molecule has 5 nitrogen and oxygen atoms in total. The van der Waals surface area contributed by atoms with Gasteiger partial charge in [-0.05, 0) is 46.8 Å². The number of fused-ring (bicyclic) bond motifs is 5. The lowest BCUT2D eigenvalue weighted by atomic mass is 9.84. The smallest absolute Gasteiger partial charge is 0.240 e. The number of nitrogens with zero attached hydrogens (tertiary/aromatic N) is 2. The summed E-state index contributed by atoms with van der Waals surface area (Å²) in [6.45, 7) is 0. The minimum absolute atomic E-state index is 0.156. The molecule has 0 bridgehead atoms. The first kappa shape index (κ1) is 20.7. The minimum atomic E-state index is -0.820. The number of amides is 2. The van der Waals surface area contributed by atoms with Gasteiger partial charge in [0.05, 0.1) is 33.5 Å². The summed E-state index contributed by atoms with van der Waals surface area (Å²) in [6, 6.07) is 14.8. The first-order valence-electron chi connectivity index (χ1n) is 10.4. The van der Waals surface area contributed by atoms with Gasteiger partial charge in [0.25, 0.3) is 0 Å². The summed E-state index contributed by atoms with van der Waals surface area (Å²) in [4.78, 5) is 44.8. The number of thiophene rings is 1. The molecule has 0 saturated carbocycles. The summed E-state index contributed by atoms with van der Waals surface area (Å²) >= 11 is 13.7. The number of hydrogen-bond donors (Lipinski definition) is 0. The van der Waals surface area contributed by atoms with Crippen LogP contribution in [0.15, 0.2) is 66.2 Å². The monoisotopic (exact) mass is 494 g/mol. The summed E-state index contributed by atoms with van der Waals surface area (Å²) in [5, 5.41) is 2.46. The molecule has 3 aliphatic rings. The molecule has 4 atom stereocenters. The molecular weight excluding hydrogens is 479 g/mol. The molecule has 3 aromatic rings. The highest BCUT2D eigenvalue weighted by Crippen LogP contribution is 2.54. The maximum Gasteiger partial charge on any atom is 0.240 e. The number of carbonyl (C=O) groups excluding carboxylic acids is 3. The number of Topliss-reactive ketones (excluding diaryl/α,β-unsaturated/α-hetero) is 1. The van der Waals surface area contributed by atoms with Gasteiger partial charge in [-0.2, -0.15) is 0 Å². The molecule has 2 aromatic carbocycles. The van der Waals surface area contributed by atoms with Crippen LogP contribution in [0.1, 0.15) is 26.8 Å². The van der Waals surface area contributed by atoms with Crippen LogP contribution in [0.2, 0.25) is 10.0 Å². The zero-order valence-electron chi connectivity index (χ0n) is 17.0. The highest BCUT2D eigenvalue weighted by atomic mass is 35.5. The van der Waals surface area contributed by atoms with E-state index in [0.29, 0.717) is 15.6 Å². The fraction of sp³-hybridized carbons (Fsp3) is 0.160.